The van der Waals surface area contributed by atoms with Crippen LogP contribution in [0, 0.1) is 0 Å². The molecule has 22 heteroatoms. The Morgan fingerprint density at radius 2 is 1.10 bits per heavy atom. The van der Waals surface area contributed by atoms with Crippen LogP contribution in [-0.4, -0.2) is 106 Å². The van der Waals surface area contributed by atoms with Crippen LogP contribution in [0.4, 0.5) is 0 Å². The molecule has 42 heavy (non-hydrogen) atoms. The van der Waals surface area contributed by atoms with E-state index in [9.17, 15) is 48.6 Å². The maximum absolute atomic E-state index is 12.4. The molecule has 0 aliphatic carbocycles. The quantitative estimate of drug-likeness (QED) is 0.0323. The van der Waals surface area contributed by atoms with Gasteiger partial charge in [-0.3, -0.25) is 28.8 Å². The van der Waals surface area contributed by atoms with Crippen molar-refractivity contribution in [3.63, 3.8) is 0 Å². The Hall–Kier alpha value is -1.62. The molecule has 0 heterocycles. The smallest absolute Gasteiger partial charge is 0.548 e. The van der Waals surface area contributed by atoms with E-state index in [1.54, 1.807) is 0 Å². The van der Waals surface area contributed by atoms with Crippen LogP contribution in [0.15, 0.2) is 0 Å². The third-order valence-electron chi connectivity index (χ3n) is 4.66. The van der Waals surface area contributed by atoms with Crippen molar-refractivity contribution >= 4 is 69.1 Å². The van der Waals surface area contributed by atoms with Crippen molar-refractivity contribution in [1.29, 1.82) is 0 Å². The van der Waals surface area contributed by atoms with E-state index in [1.807, 2.05) is 5.32 Å². The number of carboxylic acids is 4. The van der Waals surface area contributed by atoms with E-state index in [4.69, 9.17) is 21.7 Å². The van der Waals surface area contributed by atoms with Crippen LogP contribution >= 0.6 is 21.6 Å². The van der Waals surface area contributed by atoms with Gasteiger partial charge in [0.15, 0.2) is 0 Å². The number of hydrogen-bond acceptors (Lipinski definition) is 14. The van der Waals surface area contributed by atoms with E-state index in [-0.39, 0.29) is 96.3 Å². The number of carbonyl (C=O) groups is 8. The summed E-state index contributed by atoms with van der Waals surface area (Å²) in [7, 11) is 1.84. The molecule has 4 atom stereocenters. The molecule has 0 aliphatic rings. The maximum Gasteiger partial charge on any atom is 1.00 e. The van der Waals surface area contributed by atoms with Crippen molar-refractivity contribution < 1.29 is 118 Å². The fourth-order valence-electron chi connectivity index (χ4n) is 2.51. The third-order valence-corrected chi connectivity index (χ3v) is 7.08. The van der Waals surface area contributed by atoms with Crippen LogP contribution in [0.3, 0.4) is 0 Å². The van der Waals surface area contributed by atoms with Gasteiger partial charge >= 0.3 is 71.1 Å². The van der Waals surface area contributed by atoms with Crippen molar-refractivity contribution in [2.45, 2.75) is 49.9 Å². The first-order valence-corrected chi connectivity index (χ1v) is 13.9. The van der Waals surface area contributed by atoms with Gasteiger partial charge in [0.2, 0.25) is 23.6 Å². The van der Waals surface area contributed by atoms with E-state index in [2.05, 4.69) is 16.0 Å². The number of hydrogen-bond donors (Lipinski definition) is 8. The Morgan fingerprint density at radius 1 is 0.690 bits per heavy atom. The van der Waals surface area contributed by atoms with E-state index in [0.717, 1.165) is 21.6 Å². The van der Waals surface area contributed by atoms with E-state index in [0.29, 0.717) is 0 Å². The first-order valence-electron chi connectivity index (χ1n) is 11.4. The predicted octanol–water partition coefficient (Wildman–Crippen LogP) is -12.5. The summed E-state index contributed by atoms with van der Waals surface area (Å²) in [6.07, 6.45) is -1.26. The van der Waals surface area contributed by atoms with Crippen molar-refractivity contribution in [2.75, 3.05) is 24.6 Å². The van der Waals surface area contributed by atoms with Gasteiger partial charge in [-0.25, -0.2) is 0 Å². The van der Waals surface area contributed by atoms with Crippen molar-refractivity contribution in [2.24, 2.45) is 11.5 Å². The molecule has 226 valence electrons. The van der Waals surface area contributed by atoms with E-state index < -0.39 is 84.8 Å². The zero-order valence-corrected chi connectivity index (χ0v) is 28.5. The van der Waals surface area contributed by atoms with Crippen molar-refractivity contribution in [1.82, 2.24) is 21.3 Å². The molecule has 18 nitrogen and oxygen atoms in total. The first kappa shape index (κ1) is 44.8. The molecule has 0 saturated carbocycles. The number of nitrogens with two attached hydrogens (primary N) is 2. The van der Waals surface area contributed by atoms with Crippen LogP contribution in [0.2, 0.25) is 0 Å². The van der Waals surface area contributed by atoms with Crippen LogP contribution < -0.4 is 102 Å². The third kappa shape index (κ3) is 22.0. The Balaban J connectivity index is -0.00000760. The van der Waals surface area contributed by atoms with Gasteiger partial charge in [0.25, 0.3) is 0 Å². The molecule has 0 radical (unpaired) electrons. The first-order chi connectivity index (χ1) is 18.6. The Labute approximate surface area is 291 Å². The fourth-order valence-corrected chi connectivity index (χ4v) is 4.84. The summed E-state index contributed by atoms with van der Waals surface area (Å²) in [6.45, 7) is -1.61. The fraction of sp³-hybridized carbons (Fsp3) is 0.600. The van der Waals surface area contributed by atoms with E-state index >= 15 is 0 Å². The van der Waals surface area contributed by atoms with Gasteiger partial charge in [0.05, 0.1) is 18.5 Å². The molecular weight excluding hydrogens is 626 g/mol. The molecule has 0 fully saturated rings. The minimum Gasteiger partial charge on any atom is -0.548 e. The molecule has 0 aromatic rings. The van der Waals surface area contributed by atoms with Crippen LogP contribution in [0.5, 0.6) is 0 Å². The number of carbonyl (C=O) groups excluding carboxylic acids is 6. The van der Waals surface area contributed by atoms with Crippen LogP contribution in [0.1, 0.15) is 25.7 Å². The van der Waals surface area contributed by atoms with Gasteiger partial charge in [-0.1, -0.05) is 21.6 Å². The summed E-state index contributed by atoms with van der Waals surface area (Å²) in [5.41, 5.74) is 10.6. The molecule has 0 aliphatic heterocycles. The summed E-state index contributed by atoms with van der Waals surface area (Å²) in [5.74, 6) is -9.51. The minimum atomic E-state index is -1.60. The molecule has 0 spiro atoms. The summed E-state index contributed by atoms with van der Waals surface area (Å²) in [6, 6.07) is -5.34. The number of aliphatic carboxylic acids is 4. The minimum absolute atomic E-state index is 0. The van der Waals surface area contributed by atoms with Gasteiger partial charge in [0, 0.05) is 30.4 Å². The van der Waals surface area contributed by atoms with Crippen LogP contribution in [0.25, 0.3) is 0 Å². The predicted molar refractivity (Wildman–Crippen MR) is 135 cm³/mol. The average molecular weight is 657 g/mol. The van der Waals surface area contributed by atoms with Crippen molar-refractivity contribution in [3.8, 4) is 0 Å². The van der Waals surface area contributed by atoms with Gasteiger partial charge in [-0.05, 0) is 12.8 Å². The number of amides is 4. The normalized spacial score (nSPS) is 12.9. The second-order valence-corrected chi connectivity index (χ2v) is 10.5. The molecule has 0 rings (SSSR count). The molecule has 0 bridgehead atoms. The second kappa shape index (κ2) is 24.8. The van der Waals surface area contributed by atoms with E-state index in [1.165, 1.54) is 0 Å². The monoisotopic (exact) mass is 656 g/mol. The van der Waals surface area contributed by atoms with Gasteiger partial charge in [-0.2, -0.15) is 0 Å². The Kier molecular flexibility index (Phi) is 26.4. The number of nitrogens with one attached hydrogen (secondary N) is 4. The Morgan fingerprint density at radius 3 is 1.45 bits per heavy atom. The van der Waals surface area contributed by atoms with Gasteiger partial charge in [-0.15, -0.1) is 0 Å². The molecule has 4 amide bonds. The standard InChI is InChI=1S/C20H32N6O12S2.2Na/c21-9(19(35)36)1-3-13(27)25-11(17(33)23-5-15(29)30)7-39-40-8-12(18(34)24-6-16(31)32)26-14(28)4-2-10(22)20(37)38;;/h9-12H,1-8,21-22H2,(H,23,33)(H,24,34)(H,25,27)(H,26,28)(H,29,30)(H,31,32)(H,35,36)(H,37,38);;/q;2*+1/p-2. The summed E-state index contributed by atoms with van der Waals surface area (Å²) in [4.78, 5) is 91.9. The largest absolute Gasteiger partial charge is 1.00 e. The summed E-state index contributed by atoms with van der Waals surface area (Å²) < 4.78 is 0. The summed E-state index contributed by atoms with van der Waals surface area (Å²) in [5, 5.41) is 47.7. The summed E-state index contributed by atoms with van der Waals surface area (Å²) >= 11 is 0. The zero-order chi connectivity index (χ0) is 30.8. The topological polar surface area (TPSA) is 323 Å². The molecule has 10 N–H and O–H groups in total. The number of carboxylic acid groups (broad SMARTS) is 4. The average Bonchev–Trinajstić information content (AvgIpc) is 2.87. The molecular formula is C20H30N6Na2O12S2. The maximum atomic E-state index is 12.4. The molecule has 0 aromatic carbocycles. The van der Waals surface area contributed by atoms with Crippen molar-refractivity contribution in [3.05, 3.63) is 0 Å². The molecule has 0 saturated heterocycles. The van der Waals surface area contributed by atoms with Crippen LogP contribution in [-0.2, 0) is 38.4 Å². The SMILES string of the molecule is NC(CCC(=O)NC(CSSCC(NC(=O)CCC(N)C(=O)O)C(=O)NCC(=O)[O-])C(=O)NCC(=O)O)C(=O)[O-].[Na+].[Na+]. The van der Waals surface area contributed by atoms with Gasteiger partial charge in [0.1, 0.15) is 24.7 Å². The Bertz CT molecular complexity index is 891. The zero-order valence-electron chi connectivity index (χ0n) is 22.9. The second-order valence-electron chi connectivity index (χ2n) is 7.96. The molecule has 0 aromatic heterocycles. The van der Waals surface area contributed by atoms with Gasteiger partial charge < -0.3 is 62.7 Å². The number of rotatable bonds is 21. The molecule has 4 unspecified atom stereocenters.